The van der Waals surface area contributed by atoms with Crippen LogP contribution in [0, 0.1) is 0 Å². The van der Waals surface area contributed by atoms with Crippen LogP contribution in [-0.2, 0) is 0 Å². The Hall–Kier alpha value is -2.74. The molecule has 0 atom stereocenters. The van der Waals surface area contributed by atoms with E-state index in [0.29, 0.717) is 23.1 Å². The van der Waals surface area contributed by atoms with Crippen molar-refractivity contribution in [2.75, 3.05) is 0 Å². The topological polar surface area (TPSA) is 34.1 Å². The van der Waals surface area contributed by atoms with Crippen molar-refractivity contribution in [3.63, 3.8) is 0 Å². The minimum absolute atomic E-state index is 0.00367. The number of allylic oxidation sites excluding steroid dienone is 10. The van der Waals surface area contributed by atoms with Gasteiger partial charge in [-0.1, -0.05) is 70.9 Å². The van der Waals surface area contributed by atoms with Crippen LogP contribution in [0.15, 0.2) is 82.5 Å². The largest absolute Gasteiger partial charge is 0.289 e. The summed E-state index contributed by atoms with van der Waals surface area (Å²) in [5.41, 5.74) is 7.36. The van der Waals surface area contributed by atoms with E-state index >= 15 is 0 Å². The summed E-state index contributed by atoms with van der Waals surface area (Å²) in [6, 6.07) is 7.10. The summed E-state index contributed by atoms with van der Waals surface area (Å²) in [7, 11) is 0. The van der Waals surface area contributed by atoms with Gasteiger partial charge in [0.2, 0.25) is 0 Å². The number of hydrogen-bond acceptors (Lipinski definition) is 2. The maximum atomic E-state index is 12.6. The lowest BCUT2D eigenvalue weighted by Crippen LogP contribution is -2.16. The first-order valence-electron chi connectivity index (χ1n) is 12.3. The third-order valence-electron chi connectivity index (χ3n) is 6.09. The molecule has 1 aliphatic carbocycles. The molecule has 0 fully saturated rings. The molecular formula is C31H40O2. The average Bonchev–Trinajstić information content (AvgIpc) is 2.77. The molecule has 0 spiro atoms. The summed E-state index contributed by atoms with van der Waals surface area (Å²) >= 11 is 0. The smallest absolute Gasteiger partial charge is 0.189 e. The van der Waals surface area contributed by atoms with Gasteiger partial charge in [0.15, 0.2) is 11.6 Å². The van der Waals surface area contributed by atoms with E-state index in [0.717, 1.165) is 44.9 Å². The van der Waals surface area contributed by atoms with Crippen molar-refractivity contribution in [2.24, 2.45) is 0 Å². The molecule has 0 saturated heterocycles. The number of fused-ring (bicyclic) bond motifs is 1. The molecule has 0 bridgehead atoms. The maximum Gasteiger partial charge on any atom is 0.189 e. The van der Waals surface area contributed by atoms with Crippen LogP contribution < -0.4 is 0 Å². The van der Waals surface area contributed by atoms with Crippen molar-refractivity contribution >= 4 is 11.6 Å². The van der Waals surface area contributed by atoms with Crippen LogP contribution in [0.5, 0.6) is 0 Å². The Morgan fingerprint density at radius 3 is 1.70 bits per heavy atom. The van der Waals surface area contributed by atoms with E-state index in [1.807, 2.05) is 6.07 Å². The molecule has 0 heterocycles. The molecule has 1 aromatic rings. The van der Waals surface area contributed by atoms with Crippen molar-refractivity contribution in [2.45, 2.75) is 86.0 Å². The van der Waals surface area contributed by atoms with Crippen molar-refractivity contribution in [1.29, 1.82) is 0 Å². The zero-order chi connectivity index (χ0) is 24.2. The number of benzene rings is 1. The van der Waals surface area contributed by atoms with Crippen molar-refractivity contribution < 1.29 is 9.59 Å². The minimum Gasteiger partial charge on any atom is -0.289 e. The Morgan fingerprint density at radius 2 is 1.15 bits per heavy atom. The van der Waals surface area contributed by atoms with Gasteiger partial charge in [-0.15, -0.1) is 0 Å². The summed E-state index contributed by atoms with van der Waals surface area (Å²) in [5, 5.41) is 0. The minimum atomic E-state index is -0.0561. The molecule has 0 amide bonds. The maximum absolute atomic E-state index is 12.6. The van der Waals surface area contributed by atoms with Crippen LogP contribution in [-0.4, -0.2) is 11.6 Å². The molecule has 0 saturated carbocycles. The molecule has 0 aliphatic heterocycles. The van der Waals surface area contributed by atoms with Crippen LogP contribution in [0.1, 0.15) is 107 Å². The Kier molecular flexibility index (Phi) is 11.0. The number of carbonyl (C=O) groups excluding carboxylic acids is 2. The molecule has 1 aromatic carbocycles. The second-order valence-electron chi connectivity index (χ2n) is 9.50. The molecule has 0 radical (unpaired) electrons. The van der Waals surface area contributed by atoms with Crippen LogP contribution in [0.4, 0.5) is 0 Å². The highest BCUT2D eigenvalue weighted by atomic mass is 16.1. The summed E-state index contributed by atoms with van der Waals surface area (Å²) in [6.45, 7) is 10.9. The zero-order valence-corrected chi connectivity index (χ0v) is 21.2. The molecule has 33 heavy (non-hydrogen) atoms. The van der Waals surface area contributed by atoms with Gasteiger partial charge in [0.25, 0.3) is 0 Å². The molecule has 0 unspecified atom stereocenters. The van der Waals surface area contributed by atoms with Gasteiger partial charge in [-0.25, -0.2) is 0 Å². The summed E-state index contributed by atoms with van der Waals surface area (Å²) in [5.74, 6) is -0.0597. The fourth-order valence-corrected chi connectivity index (χ4v) is 4.02. The quantitative estimate of drug-likeness (QED) is 0.302. The molecule has 2 heteroatoms. The van der Waals surface area contributed by atoms with E-state index in [4.69, 9.17) is 0 Å². The van der Waals surface area contributed by atoms with Gasteiger partial charge in [0.05, 0.1) is 0 Å². The van der Waals surface area contributed by atoms with Crippen LogP contribution in [0.25, 0.3) is 0 Å². The monoisotopic (exact) mass is 444 g/mol. The highest BCUT2D eigenvalue weighted by Gasteiger charge is 2.24. The van der Waals surface area contributed by atoms with Crippen molar-refractivity contribution in [1.82, 2.24) is 0 Å². The van der Waals surface area contributed by atoms with E-state index in [2.05, 4.69) is 58.9 Å². The SMILES string of the molecule is CC(C)=CCC/C(C)=C/CC/C(C)=C/CC/C(C)=C/CCC1=CC(=O)c2ccccc2C1=O. The van der Waals surface area contributed by atoms with E-state index in [1.165, 1.54) is 28.4 Å². The second-order valence-corrected chi connectivity index (χ2v) is 9.50. The molecule has 1 aliphatic rings. The van der Waals surface area contributed by atoms with Gasteiger partial charge in [-0.2, -0.15) is 0 Å². The Labute approximate surface area is 200 Å². The first kappa shape index (κ1) is 26.5. The molecule has 2 rings (SSSR count). The van der Waals surface area contributed by atoms with Gasteiger partial charge in [-0.3, -0.25) is 9.59 Å². The average molecular weight is 445 g/mol. The third-order valence-corrected chi connectivity index (χ3v) is 6.09. The number of rotatable bonds is 12. The molecular weight excluding hydrogens is 404 g/mol. The second kappa shape index (κ2) is 13.7. The van der Waals surface area contributed by atoms with E-state index < -0.39 is 0 Å². The lowest BCUT2D eigenvalue weighted by atomic mass is 9.87. The van der Waals surface area contributed by atoms with Crippen molar-refractivity contribution in [3.8, 4) is 0 Å². The summed E-state index contributed by atoms with van der Waals surface area (Å²) < 4.78 is 0. The van der Waals surface area contributed by atoms with E-state index in [-0.39, 0.29) is 11.6 Å². The fourth-order valence-electron chi connectivity index (χ4n) is 4.02. The van der Waals surface area contributed by atoms with Crippen LogP contribution in [0.3, 0.4) is 0 Å². The van der Waals surface area contributed by atoms with E-state index in [9.17, 15) is 9.59 Å². The first-order chi connectivity index (χ1) is 15.8. The molecule has 0 aromatic heterocycles. The van der Waals surface area contributed by atoms with E-state index in [1.54, 1.807) is 18.2 Å². The van der Waals surface area contributed by atoms with Gasteiger partial charge < -0.3 is 0 Å². The van der Waals surface area contributed by atoms with Gasteiger partial charge in [0.1, 0.15) is 0 Å². The van der Waals surface area contributed by atoms with Crippen LogP contribution in [0.2, 0.25) is 0 Å². The molecule has 0 N–H and O–H groups in total. The first-order valence-corrected chi connectivity index (χ1v) is 12.3. The predicted molar refractivity (Wildman–Crippen MR) is 141 cm³/mol. The van der Waals surface area contributed by atoms with Crippen LogP contribution >= 0.6 is 0 Å². The zero-order valence-electron chi connectivity index (χ0n) is 21.2. The third kappa shape index (κ3) is 9.34. The lowest BCUT2D eigenvalue weighted by molar-refractivity contribution is 0.0981. The fraction of sp³-hybridized carbons (Fsp3) is 0.419. The predicted octanol–water partition coefficient (Wildman–Crippen LogP) is 8.92. The normalized spacial score (nSPS) is 14.8. The number of hydrogen-bond donors (Lipinski definition) is 0. The van der Waals surface area contributed by atoms with Gasteiger partial charge in [-0.05, 0) is 92.1 Å². The Balaban J connectivity index is 1.72. The number of Topliss-reactive ketones (excluding diaryl/α,β-unsaturated/α-hetero) is 1. The van der Waals surface area contributed by atoms with Gasteiger partial charge >= 0.3 is 0 Å². The standard InChI is InChI=1S/C31H40O2/c1-23(2)12-8-13-24(3)14-9-15-25(4)16-10-17-26(5)18-11-19-27-22-30(32)28-20-6-7-21-29(28)31(27)33/h6-7,12,14,16,18,20-22H,8-11,13,15,17,19H2,1-5H3/b24-14+,25-16+,26-18+. The number of carbonyl (C=O) groups is 2. The highest BCUT2D eigenvalue weighted by Crippen LogP contribution is 2.24. The summed E-state index contributed by atoms with van der Waals surface area (Å²) in [4.78, 5) is 24.9. The van der Waals surface area contributed by atoms with Crippen molar-refractivity contribution in [3.05, 3.63) is 93.6 Å². The summed E-state index contributed by atoms with van der Waals surface area (Å²) in [6.07, 6.45) is 18.8. The Bertz CT molecular complexity index is 992. The molecule has 176 valence electrons. The lowest BCUT2D eigenvalue weighted by Gasteiger charge is -2.14. The number of ketones is 2. The highest BCUT2D eigenvalue weighted by molar-refractivity contribution is 6.24. The molecule has 2 nitrogen and oxygen atoms in total. The van der Waals surface area contributed by atoms with Gasteiger partial charge in [0, 0.05) is 16.7 Å². The Morgan fingerprint density at radius 1 is 0.667 bits per heavy atom.